The number of carbonyl (C=O) groups is 1. The van der Waals surface area contributed by atoms with Crippen molar-refractivity contribution in [2.75, 3.05) is 33.8 Å². The first-order chi connectivity index (χ1) is 13.1. The summed E-state index contributed by atoms with van der Waals surface area (Å²) in [4.78, 5) is 26.4. The smallest absolute Gasteiger partial charge is 0.227 e. The van der Waals surface area contributed by atoms with Gasteiger partial charge in [-0.25, -0.2) is 9.97 Å². The summed E-state index contributed by atoms with van der Waals surface area (Å²) in [6, 6.07) is 7.70. The van der Waals surface area contributed by atoms with E-state index in [4.69, 9.17) is 9.72 Å². The van der Waals surface area contributed by atoms with Crippen LogP contribution in [0.3, 0.4) is 0 Å². The first-order valence-corrected chi connectivity index (χ1v) is 9.56. The SMILES string of the molecule is COc1cccc(CC(=O)N2CCc3nc([C@@H]4CCN(C)C4)ncc3C2)c1. The number of likely N-dealkylation sites (tertiary alicyclic amines) is 1. The van der Waals surface area contributed by atoms with Crippen molar-refractivity contribution >= 4 is 5.91 Å². The van der Waals surface area contributed by atoms with Gasteiger partial charge in [0.15, 0.2) is 0 Å². The molecule has 0 saturated carbocycles. The standard InChI is InChI=1S/C21H26N4O2/c1-24-8-6-16(13-24)21-22-12-17-14-25(9-7-19(17)23-21)20(26)11-15-4-3-5-18(10-15)27-2/h3-5,10,12,16H,6-9,11,13-14H2,1-2H3/t16-/m1/s1. The van der Waals surface area contributed by atoms with Gasteiger partial charge in [0.2, 0.25) is 5.91 Å². The second-order valence-electron chi connectivity index (χ2n) is 7.54. The van der Waals surface area contributed by atoms with Crippen LogP contribution < -0.4 is 4.74 Å². The summed E-state index contributed by atoms with van der Waals surface area (Å²) in [6.07, 6.45) is 4.25. The molecular weight excluding hydrogens is 340 g/mol. The van der Waals surface area contributed by atoms with Crippen LogP contribution in [0, 0.1) is 0 Å². The number of rotatable bonds is 4. The molecule has 0 N–H and O–H groups in total. The molecule has 1 amide bonds. The Morgan fingerprint density at radius 1 is 1.33 bits per heavy atom. The number of nitrogens with zero attached hydrogens (tertiary/aromatic N) is 4. The van der Waals surface area contributed by atoms with Crippen molar-refractivity contribution in [3.05, 3.63) is 53.1 Å². The number of aromatic nitrogens is 2. The van der Waals surface area contributed by atoms with Gasteiger partial charge in [-0.2, -0.15) is 0 Å². The largest absolute Gasteiger partial charge is 0.497 e. The lowest BCUT2D eigenvalue weighted by Gasteiger charge is -2.28. The first kappa shape index (κ1) is 17.9. The van der Waals surface area contributed by atoms with Crippen LogP contribution in [-0.4, -0.2) is 59.5 Å². The molecule has 4 rings (SSSR count). The molecule has 1 aromatic carbocycles. The summed E-state index contributed by atoms with van der Waals surface area (Å²) in [5, 5.41) is 0. The number of amides is 1. The predicted molar refractivity (Wildman–Crippen MR) is 103 cm³/mol. The van der Waals surface area contributed by atoms with Crippen LogP contribution >= 0.6 is 0 Å². The Morgan fingerprint density at radius 2 is 2.22 bits per heavy atom. The topological polar surface area (TPSA) is 58.6 Å². The van der Waals surface area contributed by atoms with Gasteiger partial charge < -0.3 is 14.5 Å². The maximum Gasteiger partial charge on any atom is 0.227 e. The van der Waals surface area contributed by atoms with E-state index in [1.165, 1.54) is 0 Å². The molecular formula is C21H26N4O2. The number of likely N-dealkylation sites (N-methyl/N-ethyl adjacent to an activating group) is 1. The molecule has 3 heterocycles. The normalized spacial score (nSPS) is 19.8. The maximum atomic E-state index is 12.7. The number of fused-ring (bicyclic) bond motifs is 1. The summed E-state index contributed by atoms with van der Waals surface area (Å²) in [6.45, 7) is 3.46. The van der Waals surface area contributed by atoms with Gasteiger partial charge in [0.25, 0.3) is 0 Å². The molecule has 1 atom stereocenters. The molecule has 1 fully saturated rings. The van der Waals surface area contributed by atoms with Gasteiger partial charge in [-0.05, 0) is 37.7 Å². The number of hydrogen-bond donors (Lipinski definition) is 0. The Bertz CT molecular complexity index is 839. The summed E-state index contributed by atoms with van der Waals surface area (Å²) in [5.74, 6) is 2.32. The van der Waals surface area contributed by atoms with Crippen LogP contribution in [0.4, 0.5) is 0 Å². The van der Waals surface area contributed by atoms with Crippen LogP contribution in [-0.2, 0) is 24.2 Å². The Labute approximate surface area is 160 Å². The van der Waals surface area contributed by atoms with Gasteiger partial charge in [0, 0.05) is 43.7 Å². The lowest BCUT2D eigenvalue weighted by Crippen LogP contribution is -2.37. The molecule has 6 nitrogen and oxygen atoms in total. The lowest BCUT2D eigenvalue weighted by atomic mass is 10.0. The first-order valence-electron chi connectivity index (χ1n) is 9.56. The fourth-order valence-corrected chi connectivity index (χ4v) is 3.96. The number of methoxy groups -OCH3 is 1. The van der Waals surface area contributed by atoms with Gasteiger partial charge in [-0.15, -0.1) is 0 Å². The molecule has 0 radical (unpaired) electrons. The molecule has 27 heavy (non-hydrogen) atoms. The van der Waals surface area contributed by atoms with Gasteiger partial charge in [-0.1, -0.05) is 12.1 Å². The minimum absolute atomic E-state index is 0.135. The van der Waals surface area contributed by atoms with Gasteiger partial charge in [0.1, 0.15) is 11.6 Å². The Hall–Kier alpha value is -2.47. The van der Waals surface area contributed by atoms with E-state index in [1.807, 2.05) is 35.4 Å². The van der Waals surface area contributed by atoms with Crippen molar-refractivity contribution in [1.29, 1.82) is 0 Å². The highest BCUT2D eigenvalue weighted by Crippen LogP contribution is 2.26. The number of ether oxygens (including phenoxy) is 1. The van der Waals surface area contributed by atoms with Crippen molar-refractivity contribution in [3.8, 4) is 5.75 Å². The summed E-state index contributed by atoms with van der Waals surface area (Å²) < 4.78 is 5.24. The zero-order valence-corrected chi connectivity index (χ0v) is 16.0. The molecule has 2 aliphatic heterocycles. The number of benzene rings is 1. The van der Waals surface area contributed by atoms with E-state index in [9.17, 15) is 4.79 Å². The lowest BCUT2D eigenvalue weighted by molar-refractivity contribution is -0.131. The Kier molecular flexibility index (Phi) is 5.07. The minimum atomic E-state index is 0.135. The predicted octanol–water partition coefficient (Wildman–Crippen LogP) is 2.03. The second-order valence-corrected chi connectivity index (χ2v) is 7.54. The maximum absolute atomic E-state index is 12.7. The van der Waals surface area contributed by atoms with Crippen LogP contribution in [0.1, 0.15) is 35.0 Å². The monoisotopic (exact) mass is 366 g/mol. The third-order valence-electron chi connectivity index (χ3n) is 5.55. The third kappa shape index (κ3) is 3.95. The van der Waals surface area contributed by atoms with E-state index in [0.717, 1.165) is 60.9 Å². The fourth-order valence-electron chi connectivity index (χ4n) is 3.96. The molecule has 1 aromatic heterocycles. The van der Waals surface area contributed by atoms with E-state index < -0.39 is 0 Å². The van der Waals surface area contributed by atoms with Crippen LogP contribution in [0.15, 0.2) is 30.5 Å². The zero-order chi connectivity index (χ0) is 18.8. The average molecular weight is 366 g/mol. The van der Waals surface area contributed by atoms with Crippen molar-refractivity contribution in [3.63, 3.8) is 0 Å². The average Bonchev–Trinajstić information content (AvgIpc) is 3.13. The van der Waals surface area contributed by atoms with Gasteiger partial charge in [0.05, 0.1) is 19.2 Å². The highest BCUT2D eigenvalue weighted by atomic mass is 16.5. The molecule has 1 saturated heterocycles. The van der Waals surface area contributed by atoms with Crippen LogP contribution in [0.5, 0.6) is 5.75 Å². The third-order valence-corrected chi connectivity index (χ3v) is 5.55. The molecule has 2 aromatic rings. The molecule has 6 heteroatoms. The van der Waals surface area contributed by atoms with E-state index in [2.05, 4.69) is 16.9 Å². The molecule has 142 valence electrons. The second kappa shape index (κ2) is 7.64. The molecule has 0 spiro atoms. The quantitative estimate of drug-likeness (QED) is 0.829. The minimum Gasteiger partial charge on any atom is -0.497 e. The molecule has 0 unspecified atom stereocenters. The highest BCUT2D eigenvalue weighted by molar-refractivity contribution is 5.79. The van der Waals surface area contributed by atoms with E-state index >= 15 is 0 Å². The van der Waals surface area contributed by atoms with Gasteiger partial charge >= 0.3 is 0 Å². The summed E-state index contributed by atoms with van der Waals surface area (Å²) >= 11 is 0. The number of hydrogen-bond acceptors (Lipinski definition) is 5. The van der Waals surface area contributed by atoms with Crippen molar-refractivity contribution in [2.45, 2.75) is 31.7 Å². The Morgan fingerprint density at radius 3 is 3.00 bits per heavy atom. The zero-order valence-electron chi connectivity index (χ0n) is 16.0. The van der Waals surface area contributed by atoms with E-state index in [-0.39, 0.29) is 5.91 Å². The van der Waals surface area contributed by atoms with E-state index in [1.54, 1.807) is 7.11 Å². The highest BCUT2D eigenvalue weighted by Gasteiger charge is 2.27. The molecule has 0 bridgehead atoms. The van der Waals surface area contributed by atoms with Crippen LogP contribution in [0.25, 0.3) is 0 Å². The van der Waals surface area contributed by atoms with Crippen LogP contribution in [0.2, 0.25) is 0 Å². The summed E-state index contributed by atoms with van der Waals surface area (Å²) in [5.41, 5.74) is 3.16. The fraction of sp³-hybridized carbons (Fsp3) is 0.476. The summed E-state index contributed by atoms with van der Waals surface area (Å²) in [7, 11) is 3.78. The molecule has 2 aliphatic rings. The van der Waals surface area contributed by atoms with Crippen molar-refractivity contribution < 1.29 is 9.53 Å². The number of carbonyl (C=O) groups excluding carboxylic acids is 1. The van der Waals surface area contributed by atoms with Crippen molar-refractivity contribution in [2.24, 2.45) is 0 Å². The van der Waals surface area contributed by atoms with E-state index in [0.29, 0.717) is 18.9 Å². The van der Waals surface area contributed by atoms with Gasteiger partial charge in [-0.3, -0.25) is 4.79 Å². The Balaban J connectivity index is 1.42. The molecule has 0 aliphatic carbocycles. The van der Waals surface area contributed by atoms with Crippen molar-refractivity contribution in [1.82, 2.24) is 19.8 Å².